The predicted molar refractivity (Wildman–Crippen MR) is 67.1 cm³/mol. The molecule has 0 spiro atoms. The Balaban J connectivity index is 2.04. The minimum absolute atomic E-state index is 0.226. The van der Waals surface area contributed by atoms with Gasteiger partial charge in [0, 0.05) is 12.1 Å². The average molecular weight is 233 g/mol. The highest BCUT2D eigenvalue weighted by molar-refractivity contribution is 5.71. The van der Waals surface area contributed by atoms with Crippen molar-refractivity contribution in [2.24, 2.45) is 0 Å². The van der Waals surface area contributed by atoms with Gasteiger partial charge in [0.2, 0.25) is 0 Å². The minimum Gasteiger partial charge on any atom is -0.410 e. The number of rotatable bonds is 1. The van der Waals surface area contributed by atoms with Crippen LogP contribution in [-0.2, 0) is 0 Å². The molecule has 0 N–H and O–H groups in total. The molecule has 1 aromatic carbocycles. The molecule has 0 saturated carbocycles. The van der Waals surface area contributed by atoms with Crippen LogP contribution in [0.25, 0.3) is 0 Å². The molecule has 0 aliphatic carbocycles. The Bertz CT molecular complexity index is 367. The molecule has 1 aromatic rings. The summed E-state index contributed by atoms with van der Waals surface area (Å²) in [4.78, 5) is 13.9. The number of piperidine rings is 1. The number of benzene rings is 1. The molecule has 3 nitrogen and oxygen atoms in total. The van der Waals surface area contributed by atoms with Crippen LogP contribution in [-0.4, -0.2) is 23.1 Å². The number of carbonyl (C=O) groups is 1. The quantitative estimate of drug-likeness (QED) is 0.743. The molecule has 2 unspecified atom stereocenters. The largest absolute Gasteiger partial charge is 0.415 e. The number of para-hydroxylation sites is 1. The summed E-state index contributed by atoms with van der Waals surface area (Å²) >= 11 is 0. The maximum Gasteiger partial charge on any atom is 0.415 e. The van der Waals surface area contributed by atoms with E-state index in [1.54, 1.807) is 12.1 Å². The van der Waals surface area contributed by atoms with E-state index in [9.17, 15) is 4.79 Å². The maximum atomic E-state index is 12.1. The van der Waals surface area contributed by atoms with Crippen molar-refractivity contribution < 1.29 is 9.53 Å². The van der Waals surface area contributed by atoms with Gasteiger partial charge >= 0.3 is 6.09 Å². The van der Waals surface area contributed by atoms with E-state index in [-0.39, 0.29) is 18.2 Å². The van der Waals surface area contributed by atoms with Gasteiger partial charge in [-0.25, -0.2) is 4.79 Å². The highest BCUT2D eigenvalue weighted by Gasteiger charge is 2.30. The fourth-order valence-corrected chi connectivity index (χ4v) is 2.42. The zero-order chi connectivity index (χ0) is 12.3. The Labute approximate surface area is 102 Å². The average Bonchev–Trinajstić information content (AvgIpc) is 2.30. The molecular weight excluding hydrogens is 214 g/mol. The molecule has 17 heavy (non-hydrogen) atoms. The van der Waals surface area contributed by atoms with E-state index >= 15 is 0 Å². The lowest BCUT2D eigenvalue weighted by Crippen LogP contribution is -2.48. The fraction of sp³-hybridized carbons (Fsp3) is 0.500. The van der Waals surface area contributed by atoms with Crippen molar-refractivity contribution in [1.29, 1.82) is 0 Å². The van der Waals surface area contributed by atoms with Crippen molar-refractivity contribution in [3.05, 3.63) is 30.3 Å². The standard InChI is InChI=1S/C14H19NO2/c1-11-7-6-8-12(2)15(11)14(16)17-13-9-4-3-5-10-13/h3-5,9-12H,6-8H2,1-2H3. The van der Waals surface area contributed by atoms with Gasteiger partial charge in [0.15, 0.2) is 0 Å². The summed E-state index contributed by atoms with van der Waals surface area (Å²) in [7, 11) is 0. The molecule has 2 rings (SSSR count). The number of amides is 1. The maximum absolute atomic E-state index is 12.1. The second kappa shape index (κ2) is 5.21. The van der Waals surface area contributed by atoms with Crippen LogP contribution in [0.15, 0.2) is 30.3 Å². The minimum atomic E-state index is -0.226. The Kier molecular flexibility index (Phi) is 3.67. The molecule has 0 radical (unpaired) electrons. The molecule has 1 fully saturated rings. The lowest BCUT2D eigenvalue weighted by atomic mass is 9.98. The number of hydrogen-bond donors (Lipinski definition) is 0. The third-order valence-corrected chi connectivity index (χ3v) is 3.35. The van der Waals surface area contributed by atoms with Crippen LogP contribution in [0.4, 0.5) is 4.79 Å². The third-order valence-electron chi connectivity index (χ3n) is 3.35. The van der Waals surface area contributed by atoms with Crippen molar-refractivity contribution in [2.45, 2.75) is 45.2 Å². The van der Waals surface area contributed by atoms with E-state index in [4.69, 9.17) is 4.74 Å². The number of carbonyl (C=O) groups excluding carboxylic acids is 1. The molecule has 1 amide bonds. The van der Waals surface area contributed by atoms with Gasteiger partial charge in [-0.15, -0.1) is 0 Å². The lowest BCUT2D eigenvalue weighted by Gasteiger charge is -2.37. The van der Waals surface area contributed by atoms with E-state index in [2.05, 4.69) is 13.8 Å². The van der Waals surface area contributed by atoms with Crippen molar-refractivity contribution in [3.8, 4) is 5.75 Å². The summed E-state index contributed by atoms with van der Waals surface area (Å²) in [5.41, 5.74) is 0. The molecule has 3 heteroatoms. The molecule has 1 aliphatic rings. The van der Waals surface area contributed by atoms with Gasteiger partial charge in [-0.1, -0.05) is 18.2 Å². The van der Waals surface area contributed by atoms with Crippen molar-refractivity contribution in [2.75, 3.05) is 0 Å². The van der Waals surface area contributed by atoms with Crippen LogP contribution >= 0.6 is 0 Å². The SMILES string of the molecule is CC1CCCC(C)N1C(=O)Oc1ccccc1. The van der Waals surface area contributed by atoms with Crippen molar-refractivity contribution in [1.82, 2.24) is 4.90 Å². The van der Waals surface area contributed by atoms with Crippen LogP contribution < -0.4 is 4.74 Å². The lowest BCUT2D eigenvalue weighted by molar-refractivity contribution is 0.0894. The highest BCUT2D eigenvalue weighted by atomic mass is 16.6. The Morgan fingerprint density at radius 1 is 1.18 bits per heavy atom. The molecular formula is C14H19NO2. The zero-order valence-electron chi connectivity index (χ0n) is 10.4. The number of hydrogen-bond acceptors (Lipinski definition) is 2. The Hall–Kier alpha value is -1.51. The van der Waals surface area contributed by atoms with Gasteiger partial charge in [-0.3, -0.25) is 0 Å². The summed E-state index contributed by atoms with van der Waals surface area (Å²) < 4.78 is 5.38. The van der Waals surface area contributed by atoms with Crippen LogP contribution in [0, 0.1) is 0 Å². The number of likely N-dealkylation sites (tertiary alicyclic amines) is 1. The van der Waals surface area contributed by atoms with E-state index < -0.39 is 0 Å². The number of ether oxygens (including phenoxy) is 1. The van der Waals surface area contributed by atoms with Crippen LogP contribution in [0.2, 0.25) is 0 Å². The highest BCUT2D eigenvalue weighted by Crippen LogP contribution is 2.24. The summed E-state index contributed by atoms with van der Waals surface area (Å²) in [6.07, 6.45) is 3.09. The third kappa shape index (κ3) is 2.78. The van der Waals surface area contributed by atoms with Gasteiger partial charge in [-0.2, -0.15) is 0 Å². The van der Waals surface area contributed by atoms with Crippen molar-refractivity contribution in [3.63, 3.8) is 0 Å². The monoisotopic (exact) mass is 233 g/mol. The molecule has 92 valence electrons. The zero-order valence-corrected chi connectivity index (χ0v) is 10.4. The Morgan fingerprint density at radius 2 is 1.76 bits per heavy atom. The first-order chi connectivity index (χ1) is 8.18. The van der Waals surface area contributed by atoms with E-state index in [0.29, 0.717) is 5.75 Å². The number of nitrogens with zero attached hydrogens (tertiary/aromatic N) is 1. The van der Waals surface area contributed by atoms with Crippen LogP contribution in [0.3, 0.4) is 0 Å². The van der Waals surface area contributed by atoms with Gasteiger partial charge in [0.05, 0.1) is 0 Å². The van der Waals surface area contributed by atoms with Gasteiger partial charge in [-0.05, 0) is 45.2 Å². The summed E-state index contributed by atoms with van der Waals surface area (Å²) in [5.74, 6) is 0.613. The second-order valence-corrected chi connectivity index (χ2v) is 4.72. The fourth-order valence-electron chi connectivity index (χ4n) is 2.42. The van der Waals surface area contributed by atoms with Crippen LogP contribution in [0.1, 0.15) is 33.1 Å². The van der Waals surface area contributed by atoms with E-state index in [1.165, 1.54) is 6.42 Å². The first-order valence-corrected chi connectivity index (χ1v) is 6.23. The molecule has 2 atom stereocenters. The molecule has 1 saturated heterocycles. The molecule has 0 bridgehead atoms. The Morgan fingerprint density at radius 3 is 2.35 bits per heavy atom. The summed E-state index contributed by atoms with van der Waals surface area (Å²) in [5, 5.41) is 0. The topological polar surface area (TPSA) is 29.5 Å². The predicted octanol–water partition coefficient (Wildman–Crippen LogP) is 3.45. The molecule has 1 aliphatic heterocycles. The molecule has 1 heterocycles. The van der Waals surface area contributed by atoms with E-state index in [1.807, 2.05) is 23.1 Å². The van der Waals surface area contributed by atoms with Crippen LogP contribution in [0.5, 0.6) is 5.75 Å². The first kappa shape index (κ1) is 12.0. The van der Waals surface area contributed by atoms with Gasteiger partial charge in [0.25, 0.3) is 0 Å². The van der Waals surface area contributed by atoms with Gasteiger partial charge < -0.3 is 9.64 Å². The first-order valence-electron chi connectivity index (χ1n) is 6.23. The van der Waals surface area contributed by atoms with E-state index in [0.717, 1.165) is 12.8 Å². The van der Waals surface area contributed by atoms with Crippen molar-refractivity contribution >= 4 is 6.09 Å². The molecule has 0 aromatic heterocycles. The summed E-state index contributed by atoms with van der Waals surface area (Å²) in [6.45, 7) is 4.17. The van der Waals surface area contributed by atoms with Gasteiger partial charge in [0.1, 0.15) is 5.75 Å². The summed E-state index contributed by atoms with van der Waals surface area (Å²) in [6, 6.07) is 9.79. The smallest absolute Gasteiger partial charge is 0.410 e. The second-order valence-electron chi connectivity index (χ2n) is 4.72. The normalized spacial score (nSPS) is 24.5.